The molecule has 0 fully saturated rings. The average molecular weight is 121 g/mol. The second-order valence-electron chi connectivity index (χ2n) is 1.56. The third-order valence-electron chi connectivity index (χ3n) is 0.900. The highest BCUT2D eigenvalue weighted by molar-refractivity contribution is 6.08. The Morgan fingerprint density at radius 1 is 1.78 bits per heavy atom. The molecule has 0 aliphatic carbocycles. The fraction of sp³-hybridized carbons (Fsp3) is 0.375. The predicted octanol–water partition coefficient (Wildman–Crippen LogP) is 1.66. The highest BCUT2D eigenvalue weighted by atomic mass is 14.7. The summed E-state index contributed by atoms with van der Waals surface area (Å²) in [5.41, 5.74) is 0.705. The molecule has 9 heavy (non-hydrogen) atoms. The molecule has 0 aromatic rings. The van der Waals surface area contributed by atoms with Crippen LogP contribution in [-0.4, -0.2) is 12.8 Å². The van der Waals surface area contributed by atoms with Crippen molar-refractivity contribution in [3.8, 4) is 12.3 Å². The number of terminal acetylenes is 1. The zero-order valence-electron chi connectivity index (χ0n) is 5.89. The molecule has 0 N–H and O–H groups in total. The van der Waals surface area contributed by atoms with Gasteiger partial charge in [-0.1, -0.05) is 18.9 Å². The number of hydrogen-bond acceptors (Lipinski definition) is 1. The lowest BCUT2D eigenvalue weighted by Gasteiger charge is -1.82. The van der Waals surface area contributed by atoms with Gasteiger partial charge in [-0.15, -0.1) is 6.42 Å². The van der Waals surface area contributed by atoms with E-state index in [4.69, 9.17) is 6.42 Å². The summed E-state index contributed by atoms with van der Waals surface area (Å²) in [4.78, 5) is 3.84. The second kappa shape index (κ2) is 5.11. The molecule has 0 aliphatic heterocycles. The Balaban J connectivity index is 3.90. The molecule has 0 spiro atoms. The normalized spacial score (nSPS) is 11.9. The van der Waals surface area contributed by atoms with Crippen LogP contribution in [0.25, 0.3) is 0 Å². The molecule has 0 radical (unpaired) electrons. The summed E-state index contributed by atoms with van der Waals surface area (Å²) in [6.45, 7) is 2.06. The van der Waals surface area contributed by atoms with Gasteiger partial charge in [0.25, 0.3) is 0 Å². The molecule has 0 saturated heterocycles. The summed E-state index contributed by atoms with van der Waals surface area (Å²) >= 11 is 0. The summed E-state index contributed by atoms with van der Waals surface area (Å²) in [5, 5.41) is 0. The van der Waals surface area contributed by atoms with E-state index in [-0.39, 0.29) is 0 Å². The zero-order chi connectivity index (χ0) is 7.11. The lowest BCUT2D eigenvalue weighted by Crippen LogP contribution is -1.84. The molecule has 48 valence electrons. The smallest absolute Gasteiger partial charge is 0.106 e. The van der Waals surface area contributed by atoms with Crippen LogP contribution in [0.4, 0.5) is 0 Å². The zero-order valence-corrected chi connectivity index (χ0v) is 5.89. The topological polar surface area (TPSA) is 12.4 Å². The third-order valence-corrected chi connectivity index (χ3v) is 0.900. The van der Waals surface area contributed by atoms with Crippen LogP contribution in [0.3, 0.4) is 0 Å². The molecule has 0 heterocycles. The molecule has 0 atom stereocenters. The van der Waals surface area contributed by atoms with Crippen LogP contribution in [-0.2, 0) is 0 Å². The van der Waals surface area contributed by atoms with Gasteiger partial charge in [-0.3, -0.25) is 4.99 Å². The van der Waals surface area contributed by atoms with Crippen LogP contribution in [0.5, 0.6) is 0 Å². The van der Waals surface area contributed by atoms with Gasteiger partial charge in [-0.25, -0.2) is 0 Å². The summed E-state index contributed by atoms with van der Waals surface area (Å²) < 4.78 is 0. The van der Waals surface area contributed by atoms with Crippen molar-refractivity contribution < 1.29 is 0 Å². The molecule has 1 heteroatoms. The fourth-order valence-electron chi connectivity index (χ4n) is 0.417. The summed E-state index contributed by atoms with van der Waals surface area (Å²) in [6, 6.07) is 0. The number of nitrogens with zero attached hydrogens (tertiary/aromatic N) is 1. The molecule has 0 rings (SSSR count). The van der Waals surface area contributed by atoms with Crippen molar-refractivity contribution in [3.05, 3.63) is 12.2 Å². The first-order valence-corrected chi connectivity index (χ1v) is 2.95. The Labute approximate surface area is 56.5 Å². The monoisotopic (exact) mass is 121 g/mol. The van der Waals surface area contributed by atoms with Gasteiger partial charge in [-0.05, 0) is 12.5 Å². The average Bonchev–Trinajstić information content (AvgIpc) is 1.91. The number of aliphatic imine (C=N–C) groups is 1. The first kappa shape index (κ1) is 7.97. The van der Waals surface area contributed by atoms with Gasteiger partial charge in [0.05, 0.1) is 0 Å². The van der Waals surface area contributed by atoms with Crippen molar-refractivity contribution in [1.29, 1.82) is 0 Å². The standard InChI is InChI=1S/C8H11N/c1-4-6-7-8(5-2)9-3/h2,6-7H,4H2,1,3H3/b7-6-,9-8?. The number of rotatable bonds is 2. The highest BCUT2D eigenvalue weighted by Gasteiger charge is 1.79. The van der Waals surface area contributed by atoms with E-state index in [0.717, 1.165) is 6.42 Å². The van der Waals surface area contributed by atoms with E-state index in [1.807, 2.05) is 12.2 Å². The molecule has 0 aromatic carbocycles. The van der Waals surface area contributed by atoms with E-state index >= 15 is 0 Å². The van der Waals surface area contributed by atoms with E-state index in [2.05, 4.69) is 17.8 Å². The first-order chi connectivity index (χ1) is 4.35. The van der Waals surface area contributed by atoms with Crippen molar-refractivity contribution in [2.24, 2.45) is 4.99 Å². The minimum atomic E-state index is 0.705. The Morgan fingerprint density at radius 3 is 2.78 bits per heavy atom. The summed E-state index contributed by atoms with van der Waals surface area (Å²) in [6.07, 6.45) is 9.93. The van der Waals surface area contributed by atoms with Gasteiger partial charge in [0, 0.05) is 7.05 Å². The van der Waals surface area contributed by atoms with E-state index in [1.165, 1.54) is 0 Å². The van der Waals surface area contributed by atoms with E-state index in [9.17, 15) is 0 Å². The predicted molar refractivity (Wildman–Crippen MR) is 41.6 cm³/mol. The molecule has 0 bridgehead atoms. The molecule has 0 amide bonds. The number of allylic oxidation sites excluding steroid dienone is 2. The molecular formula is C8H11N. The van der Waals surface area contributed by atoms with Gasteiger partial charge in [0.2, 0.25) is 0 Å². The van der Waals surface area contributed by atoms with Crippen LogP contribution in [0.2, 0.25) is 0 Å². The Hall–Kier alpha value is -1.03. The van der Waals surface area contributed by atoms with Crippen LogP contribution >= 0.6 is 0 Å². The van der Waals surface area contributed by atoms with E-state index in [0.29, 0.717) is 5.71 Å². The fourth-order valence-corrected chi connectivity index (χ4v) is 0.417. The van der Waals surface area contributed by atoms with Crippen molar-refractivity contribution in [1.82, 2.24) is 0 Å². The molecule has 0 aromatic heterocycles. The first-order valence-electron chi connectivity index (χ1n) is 2.95. The lowest BCUT2D eigenvalue weighted by molar-refractivity contribution is 1.23. The minimum Gasteiger partial charge on any atom is -0.280 e. The van der Waals surface area contributed by atoms with Gasteiger partial charge in [0.1, 0.15) is 5.71 Å². The third kappa shape index (κ3) is 3.54. The van der Waals surface area contributed by atoms with E-state index < -0.39 is 0 Å². The van der Waals surface area contributed by atoms with Crippen LogP contribution < -0.4 is 0 Å². The molecule has 1 nitrogen and oxygen atoms in total. The SMILES string of the molecule is C#CC(/C=C\CC)=NC. The van der Waals surface area contributed by atoms with Gasteiger partial charge in [-0.2, -0.15) is 0 Å². The molecule has 0 unspecified atom stereocenters. The summed E-state index contributed by atoms with van der Waals surface area (Å²) in [7, 11) is 1.69. The van der Waals surface area contributed by atoms with Crippen molar-refractivity contribution in [2.75, 3.05) is 7.05 Å². The maximum atomic E-state index is 5.09. The Morgan fingerprint density at radius 2 is 2.44 bits per heavy atom. The quantitative estimate of drug-likeness (QED) is 0.389. The Kier molecular flexibility index (Phi) is 4.53. The van der Waals surface area contributed by atoms with E-state index in [1.54, 1.807) is 7.05 Å². The molecular weight excluding hydrogens is 110 g/mol. The number of hydrogen-bond donors (Lipinski definition) is 0. The molecule has 0 saturated carbocycles. The van der Waals surface area contributed by atoms with Crippen molar-refractivity contribution in [2.45, 2.75) is 13.3 Å². The van der Waals surface area contributed by atoms with Crippen LogP contribution in [0, 0.1) is 12.3 Å². The van der Waals surface area contributed by atoms with Crippen molar-refractivity contribution >= 4 is 5.71 Å². The highest BCUT2D eigenvalue weighted by Crippen LogP contribution is 1.82. The summed E-state index contributed by atoms with van der Waals surface area (Å²) in [5.74, 6) is 2.45. The van der Waals surface area contributed by atoms with Gasteiger partial charge >= 0.3 is 0 Å². The van der Waals surface area contributed by atoms with Crippen molar-refractivity contribution in [3.63, 3.8) is 0 Å². The Bertz CT molecular complexity index is 158. The van der Waals surface area contributed by atoms with Gasteiger partial charge < -0.3 is 0 Å². The van der Waals surface area contributed by atoms with Crippen LogP contribution in [0.1, 0.15) is 13.3 Å². The maximum absolute atomic E-state index is 5.09. The largest absolute Gasteiger partial charge is 0.280 e. The van der Waals surface area contributed by atoms with Crippen LogP contribution in [0.15, 0.2) is 17.1 Å². The maximum Gasteiger partial charge on any atom is 0.106 e. The molecule has 0 aliphatic rings. The lowest BCUT2D eigenvalue weighted by atomic mass is 10.3. The van der Waals surface area contributed by atoms with Gasteiger partial charge in [0.15, 0.2) is 0 Å². The second-order valence-corrected chi connectivity index (χ2v) is 1.56. The minimum absolute atomic E-state index is 0.705.